The number of hydrogen-bond acceptors (Lipinski definition) is 3. The summed E-state index contributed by atoms with van der Waals surface area (Å²) in [7, 11) is 0. The SMILES string of the molecule is C=CCOC=CCOC(C)=O. The van der Waals surface area contributed by atoms with E-state index in [1.807, 2.05) is 0 Å². The molecule has 0 aromatic carbocycles. The minimum atomic E-state index is -0.293. The second kappa shape index (κ2) is 6.86. The molecule has 0 amide bonds. The molecule has 0 unspecified atom stereocenters. The van der Waals surface area contributed by atoms with Gasteiger partial charge in [0.1, 0.15) is 13.2 Å². The molecule has 11 heavy (non-hydrogen) atoms. The van der Waals surface area contributed by atoms with Gasteiger partial charge in [0.15, 0.2) is 0 Å². The lowest BCUT2D eigenvalue weighted by molar-refractivity contribution is -0.139. The monoisotopic (exact) mass is 156 g/mol. The Kier molecular flexibility index (Phi) is 6.08. The van der Waals surface area contributed by atoms with Crippen LogP contribution in [0.1, 0.15) is 6.92 Å². The van der Waals surface area contributed by atoms with Crippen LogP contribution in [0.25, 0.3) is 0 Å². The molecule has 0 N–H and O–H groups in total. The summed E-state index contributed by atoms with van der Waals surface area (Å²) in [6, 6.07) is 0. The van der Waals surface area contributed by atoms with E-state index in [0.29, 0.717) is 6.61 Å². The van der Waals surface area contributed by atoms with Gasteiger partial charge in [0, 0.05) is 6.92 Å². The van der Waals surface area contributed by atoms with Crippen LogP contribution in [0, 0.1) is 0 Å². The Morgan fingerprint density at radius 1 is 1.55 bits per heavy atom. The van der Waals surface area contributed by atoms with Gasteiger partial charge in [0.05, 0.1) is 6.26 Å². The molecule has 0 atom stereocenters. The van der Waals surface area contributed by atoms with E-state index in [-0.39, 0.29) is 12.6 Å². The number of hydrogen-bond donors (Lipinski definition) is 0. The minimum Gasteiger partial charge on any atom is -0.497 e. The molecular formula is C8H12O3. The molecule has 0 aliphatic rings. The lowest BCUT2D eigenvalue weighted by atomic mass is 10.6. The Balaban J connectivity index is 3.16. The lowest BCUT2D eigenvalue weighted by Crippen LogP contribution is -1.97. The summed E-state index contributed by atoms with van der Waals surface area (Å²) >= 11 is 0. The lowest BCUT2D eigenvalue weighted by Gasteiger charge is -1.95. The van der Waals surface area contributed by atoms with E-state index in [2.05, 4.69) is 11.3 Å². The van der Waals surface area contributed by atoms with Crippen molar-refractivity contribution in [1.29, 1.82) is 0 Å². The van der Waals surface area contributed by atoms with Crippen LogP contribution in [-0.2, 0) is 14.3 Å². The first-order valence-electron chi connectivity index (χ1n) is 3.28. The molecule has 0 fully saturated rings. The normalized spacial score (nSPS) is 9.55. The molecule has 3 heteroatoms. The van der Waals surface area contributed by atoms with Crippen molar-refractivity contribution in [3.8, 4) is 0 Å². The van der Waals surface area contributed by atoms with Crippen LogP contribution in [0.4, 0.5) is 0 Å². The standard InChI is InChI=1S/C8H12O3/c1-3-5-10-6-4-7-11-8(2)9/h3-4,6H,1,5,7H2,2H3. The van der Waals surface area contributed by atoms with Crippen LogP contribution in [0.2, 0.25) is 0 Å². The van der Waals surface area contributed by atoms with Gasteiger partial charge in [-0.05, 0) is 6.08 Å². The molecule has 0 heterocycles. The number of esters is 1. The number of carbonyl (C=O) groups is 1. The van der Waals surface area contributed by atoms with Crippen LogP contribution in [0.5, 0.6) is 0 Å². The number of rotatable bonds is 5. The summed E-state index contributed by atoms with van der Waals surface area (Å²) in [5.74, 6) is -0.293. The Bertz CT molecular complexity index is 149. The van der Waals surface area contributed by atoms with Gasteiger partial charge in [-0.1, -0.05) is 12.7 Å². The summed E-state index contributed by atoms with van der Waals surface area (Å²) in [4.78, 5) is 10.2. The molecule has 0 saturated heterocycles. The molecule has 3 nitrogen and oxygen atoms in total. The van der Waals surface area contributed by atoms with Crippen molar-refractivity contribution in [2.75, 3.05) is 13.2 Å². The maximum Gasteiger partial charge on any atom is 0.302 e. The second-order valence-corrected chi connectivity index (χ2v) is 1.80. The Morgan fingerprint density at radius 3 is 2.82 bits per heavy atom. The van der Waals surface area contributed by atoms with Gasteiger partial charge >= 0.3 is 5.97 Å². The molecule has 0 aliphatic carbocycles. The van der Waals surface area contributed by atoms with Crippen molar-refractivity contribution in [2.45, 2.75) is 6.92 Å². The zero-order valence-electron chi connectivity index (χ0n) is 6.58. The van der Waals surface area contributed by atoms with E-state index in [4.69, 9.17) is 4.74 Å². The van der Waals surface area contributed by atoms with E-state index in [1.54, 1.807) is 12.2 Å². The molecule has 0 aromatic rings. The minimum absolute atomic E-state index is 0.256. The van der Waals surface area contributed by atoms with Crippen molar-refractivity contribution in [2.24, 2.45) is 0 Å². The van der Waals surface area contributed by atoms with Gasteiger partial charge in [0.2, 0.25) is 0 Å². The fourth-order valence-electron chi connectivity index (χ4n) is 0.396. The van der Waals surface area contributed by atoms with Gasteiger partial charge in [-0.3, -0.25) is 4.79 Å². The molecular weight excluding hydrogens is 144 g/mol. The first kappa shape index (κ1) is 9.75. The van der Waals surface area contributed by atoms with Crippen molar-refractivity contribution < 1.29 is 14.3 Å². The van der Waals surface area contributed by atoms with Gasteiger partial charge < -0.3 is 9.47 Å². The Hall–Kier alpha value is -1.25. The fraction of sp³-hybridized carbons (Fsp3) is 0.375. The quantitative estimate of drug-likeness (QED) is 0.260. The number of carbonyl (C=O) groups excluding carboxylic acids is 1. The average molecular weight is 156 g/mol. The third-order valence-electron chi connectivity index (χ3n) is 0.789. The first-order chi connectivity index (χ1) is 5.27. The molecule has 0 aliphatic heterocycles. The first-order valence-corrected chi connectivity index (χ1v) is 3.28. The molecule has 0 bridgehead atoms. The molecule has 0 aromatic heterocycles. The second-order valence-electron chi connectivity index (χ2n) is 1.80. The summed E-state index contributed by atoms with van der Waals surface area (Å²) in [6.45, 7) is 5.55. The molecule has 0 saturated carbocycles. The molecule has 0 spiro atoms. The van der Waals surface area contributed by atoms with Crippen molar-refractivity contribution >= 4 is 5.97 Å². The van der Waals surface area contributed by atoms with Gasteiger partial charge in [0.25, 0.3) is 0 Å². The zero-order valence-corrected chi connectivity index (χ0v) is 6.58. The van der Waals surface area contributed by atoms with Gasteiger partial charge in [-0.25, -0.2) is 0 Å². The number of ether oxygens (including phenoxy) is 2. The van der Waals surface area contributed by atoms with Crippen molar-refractivity contribution in [1.82, 2.24) is 0 Å². The highest BCUT2D eigenvalue weighted by molar-refractivity contribution is 5.65. The predicted octanol–water partition coefficient (Wildman–Crippen LogP) is 1.27. The molecule has 0 rings (SSSR count). The Morgan fingerprint density at radius 2 is 2.27 bits per heavy atom. The van der Waals surface area contributed by atoms with Crippen LogP contribution >= 0.6 is 0 Å². The molecule has 0 radical (unpaired) electrons. The largest absolute Gasteiger partial charge is 0.497 e. The van der Waals surface area contributed by atoms with Gasteiger partial charge in [-0.2, -0.15) is 0 Å². The van der Waals surface area contributed by atoms with E-state index in [0.717, 1.165) is 0 Å². The highest BCUT2D eigenvalue weighted by Gasteiger charge is 1.85. The average Bonchev–Trinajstić information content (AvgIpc) is 1.96. The predicted molar refractivity (Wildman–Crippen MR) is 41.9 cm³/mol. The van der Waals surface area contributed by atoms with E-state index in [9.17, 15) is 4.79 Å². The van der Waals surface area contributed by atoms with E-state index in [1.165, 1.54) is 13.2 Å². The van der Waals surface area contributed by atoms with Crippen LogP contribution < -0.4 is 0 Å². The summed E-state index contributed by atoms with van der Waals surface area (Å²) in [6.07, 6.45) is 4.73. The Labute approximate surface area is 66.3 Å². The van der Waals surface area contributed by atoms with E-state index >= 15 is 0 Å². The highest BCUT2D eigenvalue weighted by Crippen LogP contribution is 1.81. The zero-order chi connectivity index (χ0) is 8.53. The fourth-order valence-corrected chi connectivity index (χ4v) is 0.396. The van der Waals surface area contributed by atoms with Crippen molar-refractivity contribution in [3.05, 3.63) is 25.0 Å². The van der Waals surface area contributed by atoms with Crippen molar-refractivity contribution in [3.63, 3.8) is 0 Å². The van der Waals surface area contributed by atoms with E-state index < -0.39 is 0 Å². The summed E-state index contributed by atoms with van der Waals surface area (Å²) in [5.41, 5.74) is 0. The third kappa shape index (κ3) is 8.75. The smallest absolute Gasteiger partial charge is 0.302 e. The summed E-state index contributed by atoms with van der Waals surface area (Å²) in [5, 5.41) is 0. The maximum absolute atomic E-state index is 10.2. The van der Waals surface area contributed by atoms with Crippen LogP contribution in [0.15, 0.2) is 25.0 Å². The van der Waals surface area contributed by atoms with Crippen LogP contribution in [-0.4, -0.2) is 19.2 Å². The van der Waals surface area contributed by atoms with Crippen LogP contribution in [0.3, 0.4) is 0 Å². The highest BCUT2D eigenvalue weighted by atomic mass is 16.5. The topological polar surface area (TPSA) is 35.5 Å². The summed E-state index contributed by atoms with van der Waals surface area (Å²) < 4.78 is 9.47. The van der Waals surface area contributed by atoms with Gasteiger partial charge in [-0.15, -0.1) is 0 Å². The maximum atomic E-state index is 10.2. The third-order valence-corrected chi connectivity index (χ3v) is 0.789. The molecule has 62 valence electrons.